The molecule has 0 radical (unpaired) electrons. The molecule has 3 aromatic rings. The molecule has 1 amide bonds. The lowest BCUT2D eigenvalue weighted by molar-refractivity contribution is -0.173. The van der Waals surface area contributed by atoms with E-state index in [9.17, 15) is 23.2 Å². The summed E-state index contributed by atoms with van der Waals surface area (Å²) in [6.07, 6.45) is 0.174. The van der Waals surface area contributed by atoms with Crippen LogP contribution in [0.15, 0.2) is 72.8 Å². The minimum Gasteiger partial charge on any atom is -0.461 e. The van der Waals surface area contributed by atoms with Crippen molar-refractivity contribution in [1.29, 1.82) is 0 Å². The monoisotopic (exact) mass is 499 g/mol. The van der Waals surface area contributed by atoms with Crippen molar-refractivity contribution in [2.24, 2.45) is 0 Å². The normalized spacial score (nSPS) is 11.1. The average Bonchev–Trinajstić information content (AvgIpc) is 2.84. The molecule has 182 valence electrons. The van der Waals surface area contributed by atoms with Gasteiger partial charge in [0.2, 0.25) is 0 Å². The van der Waals surface area contributed by atoms with Gasteiger partial charge in [-0.15, -0.1) is 0 Å². The van der Waals surface area contributed by atoms with Crippen molar-refractivity contribution in [3.63, 3.8) is 0 Å². The van der Waals surface area contributed by atoms with Crippen molar-refractivity contribution in [3.05, 3.63) is 100 Å². The number of amides is 1. The number of rotatable bonds is 9. The van der Waals surface area contributed by atoms with Gasteiger partial charge in [-0.3, -0.25) is 9.59 Å². The molecule has 8 heteroatoms. The summed E-state index contributed by atoms with van der Waals surface area (Å²) in [5.74, 6) is -5.68. The molecule has 3 aromatic carbocycles. The number of carbonyl (C=O) groups excluding carboxylic acids is 3. The number of carbonyl (C=O) groups is 3. The van der Waals surface area contributed by atoms with Crippen molar-refractivity contribution in [2.45, 2.75) is 25.7 Å². The van der Waals surface area contributed by atoms with Crippen LogP contribution in [-0.2, 0) is 33.1 Å². The summed E-state index contributed by atoms with van der Waals surface area (Å²) < 4.78 is 32.6. The van der Waals surface area contributed by atoms with Crippen LogP contribution in [0, 0.1) is 0 Å². The van der Waals surface area contributed by atoms with E-state index in [-0.39, 0.29) is 31.1 Å². The van der Waals surface area contributed by atoms with E-state index in [0.29, 0.717) is 21.8 Å². The van der Waals surface area contributed by atoms with E-state index < -0.39 is 17.5 Å². The number of alkyl halides is 2. The standard InChI is InChI=1S/C27H24ClF2NO4/c1-3-35-26(34)27(29,30)21-10-6-19(7-11-21)17-24(32)16-18-4-8-20(9-5-18)25(33)31(2)23-14-12-22(28)13-15-23/h4-15H,3,16-17H2,1-2H3. The molecule has 0 bridgehead atoms. The van der Waals surface area contributed by atoms with Gasteiger partial charge in [0.15, 0.2) is 0 Å². The number of nitrogens with zero attached hydrogens (tertiary/aromatic N) is 1. The number of ether oxygens (including phenoxy) is 1. The van der Waals surface area contributed by atoms with Crippen molar-refractivity contribution in [2.75, 3.05) is 18.6 Å². The molecule has 0 aliphatic heterocycles. The van der Waals surface area contributed by atoms with Crippen LogP contribution in [0.2, 0.25) is 5.02 Å². The van der Waals surface area contributed by atoms with E-state index in [0.717, 1.165) is 17.7 Å². The van der Waals surface area contributed by atoms with Gasteiger partial charge < -0.3 is 9.64 Å². The maximum absolute atomic E-state index is 14.1. The summed E-state index contributed by atoms with van der Waals surface area (Å²) in [4.78, 5) is 38.2. The summed E-state index contributed by atoms with van der Waals surface area (Å²) in [7, 11) is 1.66. The zero-order chi connectivity index (χ0) is 25.6. The van der Waals surface area contributed by atoms with Gasteiger partial charge in [0, 0.05) is 41.7 Å². The van der Waals surface area contributed by atoms with Crippen LogP contribution in [0.3, 0.4) is 0 Å². The van der Waals surface area contributed by atoms with Gasteiger partial charge in [-0.2, -0.15) is 8.78 Å². The fraction of sp³-hybridized carbons (Fsp3) is 0.222. The number of hydrogen-bond donors (Lipinski definition) is 0. The third-order valence-electron chi connectivity index (χ3n) is 5.37. The van der Waals surface area contributed by atoms with Gasteiger partial charge in [0.05, 0.1) is 6.61 Å². The Morgan fingerprint density at radius 3 is 1.89 bits per heavy atom. The van der Waals surface area contributed by atoms with Crippen LogP contribution in [0.25, 0.3) is 0 Å². The molecule has 0 aromatic heterocycles. The Hall–Kier alpha value is -3.58. The predicted octanol–water partition coefficient (Wildman–Crippen LogP) is 5.63. The highest BCUT2D eigenvalue weighted by Crippen LogP contribution is 2.29. The number of Topliss-reactive ketones (excluding diaryl/α,β-unsaturated/α-hetero) is 1. The maximum atomic E-state index is 14.1. The molecular weight excluding hydrogens is 476 g/mol. The second-order valence-corrected chi connectivity index (χ2v) is 8.36. The minimum absolute atomic E-state index is 0.0469. The van der Waals surface area contributed by atoms with Crippen molar-refractivity contribution < 1.29 is 27.9 Å². The largest absolute Gasteiger partial charge is 0.461 e. The highest BCUT2D eigenvalue weighted by atomic mass is 35.5. The maximum Gasteiger partial charge on any atom is 0.381 e. The summed E-state index contributed by atoms with van der Waals surface area (Å²) in [5, 5.41) is 0.578. The number of benzene rings is 3. The van der Waals surface area contributed by atoms with E-state index in [1.807, 2.05) is 0 Å². The molecule has 0 heterocycles. The molecule has 0 aliphatic carbocycles. The van der Waals surface area contributed by atoms with Gasteiger partial charge in [-0.05, 0) is 54.4 Å². The molecule has 0 aliphatic rings. The zero-order valence-electron chi connectivity index (χ0n) is 19.3. The Balaban J connectivity index is 1.59. The lowest BCUT2D eigenvalue weighted by Crippen LogP contribution is -2.28. The quantitative estimate of drug-likeness (QED) is 0.358. The van der Waals surface area contributed by atoms with Gasteiger partial charge in [0.1, 0.15) is 5.78 Å². The summed E-state index contributed by atoms with van der Waals surface area (Å²) >= 11 is 5.89. The molecule has 3 rings (SSSR count). The molecule has 0 atom stereocenters. The Morgan fingerprint density at radius 1 is 0.857 bits per heavy atom. The Morgan fingerprint density at radius 2 is 1.37 bits per heavy atom. The van der Waals surface area contributed by atoms with Gasteiger partial charge in [0.25, 0.3) is 5.91 Å². The van der Waals surface area contributed by atoms with E-state index in [2.05, 4.69) is 4.74 Å². The van der Waals surface area contributed by atoms with Gasteiger partial charge in [-0.25, -0.2) is 4.79 Å². The van der Waals surface area contributed by atoms with E-state index in [4.69, 9.17) is 11.6 Å². The van der Waals surface area contributed by atoms with Gasteiger partial charge in [-0.1, -0.05) is 48.0 Å². The topological polar surface area (TPSA) is 63.7 Å². The molecule has 0 N–H and O–H groups in total. The Bertz CT molecular complexity index is 1190. The third kappa shape index (κ3) is 6.51. The minimum atomic E-state index is -3.75. The molecule has 0 saturated heterocycles. The Labute approximate surface area is 207 Å². The number of anilines is 1. The predicted molar refractivity (Wildman–Crippen MR) is 130 cm³/mol. The first kappa shape index (κ1) is 26.0. The first-order valence-corrected chi connectivity index (χ1v) is 11.3. The van der Waals surface area contributed by atoms with E-state index in [1.165, 1.54) is 24.0 Å². The van der Waals surface area contributed by atoms with Crippen LogP contribution in [0.5, 0.6) is 0 Å². The average molecular weight is 500 g/mol. The molecule has 0 fully saturated rings. The summed E-state index contributed by atoms with van der Waals surface area (Å²) in [6.45, 7) is 1.31. The van der Waals surface area contributed by atoms with Crippen LogP contribution in [-0.4, -0.2) is 31.3 Å². The molecule has 5 nitrogen and oxygen atoms in total. The fourth-order valence-electron chi connectivity index (χ4n) is 3.43. The highest BCUT2D eigenvalue weighted by molar-refractivity contribution is 6.30. The lowest BCUT2D eigenvalue weighted by atomic mass is 9.99. The van der Waals surface area contributed by atoms with Crippen LogP contribution >= 0.6 is 11.6 Å². The number of halogens is 3. The Kier molecular flexibility index (Phi) is 8.35. The number of ketones is 1. The fourth-order valence-corrected chi connectivity index (χ4v) is 3.56. The SMILES string of the molecule is CCOC(=O)C(F)(F)c1ccc(CC(=O)Cc2ccc(C(=O)N(C)c3ccc(Cl)cc3)cc2)cc1. The number of hydrogen-bond acceptors (Lipinski definition) is 4. The van der Waals surface area contributed by atoms with Crippen LogP contribution < -0.4 is 4.90 Å². The lowest BCUT2D eigenvalue weighted by Gasteiger charge is -2.17. The second kappa shape index (κ2) is 11.2. The molecule has 0 unspecified atom stereocenters. The molecule has 0 spiro atoms. The van der Waals surface area contributed by atoms with Crippen LogP contribution in [0.1, 0.15) is 34.0 Å². The van der Waals surface area contributed by atoms with Crippen molar-refractivity contribution in [1.82, 2.24) is 0 Å². The number of esters is 1. The highest BCUT2D eigenvalue weighted by Gasteiger charge is 2.42. The zero-order valence-corrected chi connectivity index (χ0v) is 20.0. The van der Waals surface area contributed by atoms with Crippen molar-refractivity contribution >= 4 is 34.9 Å². The van der Waals surface area contributed by atoms with E-state index in [1.54, 1.807) is 55.6 Å². The first-order valence-electron chi connectivity index (χ1n) is 10.9. The first-order chi connectivity index (χ1) is 16.6. The molecule has 0 saturated carbocycles. The second-order valence-electron chi connectivity index (χ2n) is 7.92. The van der Waals surface area contributed by atoms with Gasteiger partial charge >= 0.3 is 11.9 Å². The van der Waals surface area contributed by atoms with Crippen molar-refractivity contribution in [3.8, 4) is 0 Å². The summed E-state index contributed by atoms with van der Waals surface area (Å²) in [6, 6.07) is 18.7. The van der Waals surface area contributed by atoms with Crippen LogP contribution in [0.4, 0.5) is 14.5 Å². The van der Waals surface area contributed by atoms with E-state index >= 15 is 0 Å². The third-order valence-corrected chi connectivity index (χ3v) is 5.62. The molecule has 35 heavy (non-hydrogen) atoms. The summed E-state index contributed by atoms with van der Waals surface area (Å²) in [5.41, 5.74) is 1.96. The smallest absolute Gasteiger partial charge is 0.381 e. The molecular formula is C27H24ClF2NO4.